The minimum atomic E-state index is -0.538. The van der Waals surface area contributed by atoms with Crippen molar-refractivity contribution in [3.63, 3.8) is 0 Å². The number of esters is 1. The van der Waals surface area contributed by atoms with Crippen LogP contribution in [0.15, 0.2) is 18.3 Å². The maximum absolute atomic E-state index is 13.2. The molecule has 0 bridgehead atoms. The van der Waals surface area contributed by atoms with Crippen LogP contribution in [0.4, 0.5) is 4.79 Å². The van der Waals surface area contributed by atoms with Crippen molar-refractivity contribution in [2.24, 2.45) is 0 Å². The lowest BCUT2D eigenvalue weighted by Gasteiger charge is -2.35. The minimum Gasteiger partial charge on any atom is -1.00 e. The molecule has 11 heteroatoms. The molecule has 1 unspecified atom stereocenters. The fourth-order valence-corrected chi connectivity index (χ4v) is 3.95. The van der Waals surface area contributed by atoms with Gasteiger partial charge in [-0.1, -0.05) is 25.7 Å². The number of hydrogen-bond acceptors (Lipinski definition) is 6. The summed E-state index contributed by atoms with van der Waals surface area (Å²) in [5.41, 5.74) is 0.185. The minimum absolute atomic E-state index is 0. The Morgan fingerprint density at radius 3 is 1.92 bits per heavy atom. The molecule has 0 aromatic carbocycles. The van der Waals surface area contributed by atoms with E-state index in [1.807, 2.05) is 14.1 Å². The topological polar surface area (TPSA) is 85.8 Å². The third-order valence-electron chi connectivity index (χ3n) is 7.01. The monoisotopic (exact) mass is 680 g/mol. The van der Waals surface area contributed by atoms with E-state index in [4.69, 9.17) is 9.47 Å². The first-order chi connectivity index (χ1) is 17.3. The van der Waals surface area contributed by atoms with Crippen LogP contribution in [0.5, 0.6) is 5.75 Å². The van der Waals surface area contributed by atoms with Gasteiger partial charge in [-0.05, 0) is 44.7 Å². The highest BCUT2D eigenvalue weighted by Crippen LogP contribution is 2.21. The van der Waals surface area contributed by atoms with Gasteiger partial charge in [0.25, 0.3) is 0 Å². The summed E-state index contributed by atoms with van der Waals surface area (Å²) in [6.07, 6.45) is 10.2. The number of rotatable bonds is 16. The van der Waals surface area contributed by atoms with Gasteiger partial charge in [0.2, 0.25) is 5.69 Å². The summed E-state index contributed by atoms with van der Waals surface area (Å²) in [6, 6.07) is 3.54. The maximum atomic E-state index is 13.2. The Labute approximate surface area is 256 Å². The van der Waals surface area contributed by atoms with Crippen LogP contribution in [-0.4, -0.2) is 105 Å². The van der Waals surface area contributed by atoms with Crippen LogP contribution in [0.1, 0.15) is 75.7 Å². The van der Waals surface area contributed by atoms with E-state index < -0.39 is 6.09 Å². The first kappa shape index (κ1) is 39.6. The standard InChI is InChI=1S/C28H50N4O5.2BrH/c1-23(22-36-24(2)33)31(5,6)20-15-13-11-9-10-12-14-16-21-32(7,8)27(34)26-25(18-17-19-29-26)37-28(35)30(3)4;;/h17-19,23H,9-16,20-22H2,1-8H3;2*1H/q+2;;/p-2. The molecule has 0 aliphatic heterocycles. The second kappa shape index (κ2) is 19.5. The summed E-state index contributed by atoms with van der Waals surface area (Å²) >= 11 is 0. The quantitative estimate of drug-likeness (QED) is 0.120. The van der Waals surface area contributed by atoms with Crippen LogP contribution < -0.4 is 38.7 Å². The Hall–Kier alpha value is -1.56. The van der Waals surface area contributed by atoms with Crippen LogP contribution in [0.25, 0.3) is 0 Å². The van der Waals surface area contributed by atoms with E-state index in [9.17, 15) is 14.4 Å². The SMILES string of the molecule is CC(=O)OCC(C)[N+](C)(C)CCCCCCCCCC[N+](C)(C)C(=O)c1ncccc1OC(=O)N(C)C.[Br-].[Br-]. The van der Waals surface area contributed by atoms with Crippen molar-refractivity contribution < 1.29 is 66.8 Å². The molecule has 1 aromatic rings. The average Bonchev–Trinajstić information content (AvgIpc) is 2.83. The molecule has 1 aromatic heterocycles. The van der Waals surface area contributed by atoms with Crippen LogP contribution >= 0.6 is 0 Å². The lowest BCUT2D eigenvalue weighted by Crippen LogP contribution is -3.00. The van der Waals surface area contributed by atoms with E-state index >= 15 is 0 Å². The summed E-state index contributed by atoms with van der Waals surface area (Å²) in [6.45, 7) is 5.84. The molecule has 1 rings (SSSR count). The first-order valence-electron chi connectivity index (χ1n) is 13.5. The zero-order valence-corrected chi connectivity index (χ0v) is 28.3. The number of halogens is 2. The van der Waals surface area contributed by atoms with Gasteiger partial charge in [-0.2, -0.15) is 0 Å². The number of ether oxygens (including phenoxy) is 2. The first-order valence-corrected chi connectivity index (χ1v) is 13.5. The van der Waals surface area contributed by atoms with Gasteiger partial charge in [0.1, 0.15) is 12.6 Å². The summed E-state index contributed by atoms with van der Waals surface area (Å²) in [7, 11) is 11.3. The largest absolute Gasteiger partial charge is 1.00 e. The molecule has 0 saturated carbocycles. The van der Waals surface area contributed by atoms with Crippen molar-refractivity contribution in [1.29, 1.82) is 0 Å². The molecule has 39 heavy (non-hydrogen) atoms. The number of amides is 2. The zero-order valence-electron chi connectivity index (χ0n) is 25.2. The van der Waals surface area contributed by atoms with E-state index in [1.54, 1.807) is 32.4 Å². The number of unbranched alkanes of at least 4 members (excludes halogenated alkanes) is 7. The Morgan fingerprint density at radius 2 is 1.41 bits per heavy atom. The lowest BCUT2D eigenvalue weighted by atomic mass is 10.1. The Kier molecular flexibility index (Phi) is 19.8. The van der Waals surface area contributed by atoms with Crippen molar-refractivity contribution in [3.05, 3.63) is 24.0 Å². The molecule has 1 heterocycles. The van der Waals surface area contributed by atoms with Gasteiger partial charge < -0.3 is 52.8 Å². The number of quaternary nitrogens is 2. The number of likely N-dealkylation sites (N-methyl/N-ethyl adjacent to an activating group) is 1. The van der Waals surface area contributed by atoms with Gasteiger partial charge in [-0.15, -0.1) is 0 Å². The summed E-state index contributed by atoms with van der Waals surface area (Å²) in [5.74, 6) is -0.185. The molecule has 0 aliphatic rings. The van der Waals surface area contributed by atoms with Gasteiger partial charge in [0.15, 0.2) is 5.75 Å². The number of hydrogen-bond donors (Lipinski definition) is 0. The molecule has 2 amide bonds. The van der Waals surface area contributed by atoms with Gasteiger partial charge in [0.05, 0.1) is 41.3 Å². The zero-order chi connectivity index (χ0) is 28.1. The van der Waals surface area contributed by atoms with Crippen molar-refractivity contribution in [2.75, 3.05) is 62.0 Å². The number of carbonyl (C=O) groups is 3. The molecule has 0 saturated heterocycles. The van der Waals surface area contributed by atoms with Gasteiger partial charge >= 0.3 is 18.0 Å². The Bertz CT molecular complexity index is 881. The highest BCUT2D eigenvalue weighted by molar-refractivity contribution is 5.90. The molecule has 1 atom stereocenters. The lowest BCUT2D eigenvalue weighted by molar-refractivity contribution is -0.913. The van der Waals surface area contributed by atoms with E-state index in [-0.39, 0.29) is 67.8 Å². The average molecular weight is 683 g/mol. The maximum Gasteiger partial charge on any atom is 0.414 e. The molecule has 0 radical (unpaired) electrons. The molecule has 0 spiro atoms. The van der Waals surface area contributed by atoms with E-state index in [2.05, 4.69) is 26.0 Å². The van der Waals surface area contributed by atoms with E-state index in [0.29, 0.717) is 13.2 Å². The smallest absolute Gasteiger partial charge is 0.414 e. The molecule has 0 fully saturated rings. The summed E-state index contributed by atoms with van der Waals surface area (Å²) < 4.78 is 11.5. The Morgan fingerprint density at radius 1 is 0.897 bits per heavy atom. The third-order valence-corrected chi connectivity index (χ3v) is 7.01. The highest BCUT2D eigenvalue weighted by atomic mass is 79.9. The second-order valence-corrected chi connectivity index (χ2v) is 11.3. The van der Waals surface area contributed by atoms with Crippen LogP contribution in [0.3, 0.4) is 0 Å². The predicted molar refractivity (Wildman–Crippen MR) is 145 cm³/mol. The molecule has 0 aliphatic carbocycles. The van der Waals surface area contributed by atoms with Gasteiger partial charge in [-0.3, -0.25) is 9.28 Å². The molecule has 226 valence electrons. The van der Waals surface area contributed by atoms with Crippen LogP contribution in [-0.2, 0) is 9.53 Å². The predicted octanol–water partition coefficient (Wildman–Crippen LogP) is -1.48. The molecule has 9 nitrogen and oxygen atoms in total. The fourth-order valence-electron chi connectivity index (χ4n) is 3.95. The normalized spacial score (nSPS) is 12.0. The van der Waals surface area contributed by atoms with Crippen LogP contribution in [0, 0.1) is 0 Å². The third kappa shape index (κ3) is 15.1. The van der Waals surface area contributed by atoms with Crippen molar-refractivity contribution in [1.82, 2.24) is 9.88 Å². The van der Waals surface area contributed by atoms with Crippen molar-refractivity contribution in [2.45, 2.75) is 71.3 Å². The fraction of sp³-hybridized carbons (Fsp3) is 0.714. The van der Waals surface area contributed by atoms with Gasteiger partial charge in [-0.25, -0.2) is 14.6 Å². The van der Waals surface area contributed by atoms with Crippen molar-refractivity contribution >= 4 is 18.0 Å². The number of carbonyl (C=O) groups excluding carboxylic acids is 3. The number of aromatic nitrogens is 1. The summed E-state index contributed by atoms with van der Waals surface area (Å²) in [4.78, 5) is 41.7. The van der Waals surface area contributed by atoms with Gasteiger partial charge in [0, 0.05) is 27.2 Å². The van der Waals surface area contributed by atoms with E-state index in [0.717, 1.165) is 30.3 Å². The molecular formula is C28H50Br2N4O5. The van der Waals surface area contributed by atoms with Crippen molar-refractivity contribution in [3.8, 4) is 5.75 Å². The number of nitrogens with zero attached hydrogens (tertiary/aromatic N) is 4. The summed E-state index contributed by atoms with van der Waals surface area (Å²) in [5, 5.41) is 0. The molecule has 0 N–H and O–H groups in total. The van der Waals surface area contributed by atoms with Crippen LogP contribution in [0.2, 0.25) is 0 Å². The Balaban J connectivity index is 0. The highest BCUT2D eigenvalue weighted by Gasteiger charge is 2.32. The molecular weight excluding hydrogens is 632 g/mol. The van der Waals surface area contributed by atoms with E-state index in [1.165, 1.54) is 43.9 Å². The number of pyridine rings is 1. The second-order valence-electron chi connectivity index (χ2n) is 11.3.